The first-order chi connectivity index (χ1) is 9.66. The van der Waals surface area contributed by atoms with Crippen LogP contribution >= 0.6 is 0 Å². The molecular weight excluding hydrogens is 254 g/mol. The van der Waals surface area contributed by atoms with Gasteiger partial charge in [0.1, 0.15) is 11.5 Å². The highest BCUT2D eigenvalue weighted by molar-refractivity contribution is 6.03. The number of piperidine rings is 1. The van der Waals surface area contributed by atoms with Crippen molar-refractivity contribution in [1.82, 2.24) is 5.32 Å². The van der Waals surface area contributed by atoms with Gasteiger partial charge < -0.3 is 14.8 Å². The zero-order valence-electron chi connectivity index (χ0n) is 12.5. The lowest BCUT2D eigenvalue weighted by molar-refractivity contribution is 0.0727. The van der Waals surface area contributed by atoms with E-state index in [2.05, 4.69) is 12.2 Å². The number of Topliss-reactive ketones (excluding diaryl/α,β-unsaturated/α-hetero) is 1. The molecule has 1 unspecified atom stereocenters. The van der Waals surface area contributed by atoms with Crippen molar-refractivity contribution in [2.75, 3.05) is 27.3 Å². The summed E-state index contributed by atoms with van der Waals surface area (Å²) in [6, 6.07) is 5.40. The first kappa shape index (κ1) is 14.9. The zero-order valence-corrected chi connectivity index (χ0v) is 12.5. The Kier molecular flexibility index (Phi) is 4.65. The zero-order chi connectivity index (χ0) is 14.6. The van der Waals surface area contributed by atoms with E-state index in [1.807, 2.05) is 12.1 Å². The maximum absolute atomic E-state index is 13.0. The van der Waals surface area contributed by atoms with Gasteiger partial charge in [0.15, 0.2) is 5.78 Å². The van der Waals surface area contributed by atoms with Crippen LogP contribution < -0.4 is 14.8 Å². The van der Waals surface area contributed by atoms with Gasteiger partial charge in [0.25, 0.3) is 0 Å². The molecule has 0 saturated carbocycles. The average molecular weight is 277 g/mol. The molecule has 4 nitrogen and oxygen atoms in total. The third kappa shape index (κ3) is 2.66. The maximum atomic E-state index is 13.0. The molecule has 1 fully saturated rings. The molecule has 20 heavy (non-hydrogen) atoms. The summed E-state index contributed by atoms with van der Waals surface area (Å²) >= 11 is 0. The molecule has 110 valence electrons. The molecule has 0 aromatic heterocycles. The van der Waals surface area contributed by atoms with E-state index in [0.29, 0.717) is 17.1 Å². The minimum Gasteiger partial charge on any atom is -0.497 e. The van der Waals surface area contributed by atoms with Crippen molar-refractivity contribution in [2.45, 2.75) is 26.2 Å². The van der Waals surface area contributed by atoms with E-state index in [-0.39, 0.29) is 11.2 Å². The standard InChI is InChI=1S/C16H23NO3/c1-4-16(8-5-9-17-11-16)15(18)13-7-6-12(19-2)10-14(13)20-3/h6-7,10,17H,4-5,8-9,11H2,1-3H3. The molecule has 0 bridgehead atoms. The molecule has 1 aliphatic rings. The summed E-state index contributed by atoms with van der Waals surface area (Å²) in [4.78, 5) is 13.0. The van der Waals surface area contributed by atoms with Crippen LogP contribution in [0, 0.1) is 5.41 Å². The predicted octanol–water partition coefficient (Wildman–Crippen LogP) is 2.67. The molecule has 0 amide bonds. The highest BCUT2D eigenvalue weighted by atomic mass is 16.5. The van der Waals surface area contributed by atoms with Crippen LogP contribution in [0.4, 0.5) is 0 Å². The molecule has 2 rings (SSSR count). The fraction of sp³-hybridized carbons (Fsp3) is 0.562. The van der Waals surface area contributed by atoms with Gasteiger partial charge >= 0.3 is 0 Å². The van der Waals surface area contributed by atoms with Crippen molar-refractivity contribution in [3.63, 3.8) is 0 Å². The number of carbonyl (C=O) groups is 1. The van der Waals surface area contributed by atoms with Crippen molar-refractivity contribution in [1.29, 1.82) is 0 Å². The smallest absolute Gasteiger partial charge is 0.173 e. The monoisotopic (exact) mass is 277 g/mol. The fourth-order valence-corrected chi connectivity index (χ4v) is 2.90. The topological polar surface area (TPSA) is 47.6 Å². The van der Waals surface area contributed by atoms with E-state index in [9.17, 15) is 4.79 Å². The molecule has 0 spiro atoms. The molecule has 1 aliphatic heterocycles. The van der Waals surface area contributed by atoms with Crippen LogP contribution in [-0.4, -0.2) is 33.1 Å². The molecule has 4 heteroatoms. The third-order valence-electron chi connectivity index (χ3n) is 4.28. The van der Waals surface area contributed by atoms with Crippen LogP contribution in [0.2, 0.25) is 0 Å². The van der Waals surface area contributed by atoms with Gasteiger partial charge in [-0.05, 0) is 37.9 Å². The Morgan fingerprint density at radius 2 is 2.15 bits per heavy atom. The summed E-state index contributed by atoms with van der Waals surface area (Å²) in [5.41, 5.74) is 0.346. The summed E-state index contributed by atoms with van der Waals surface area (Å²) < 4.78 is 10.6. The van der Waals surface area contributed by atoms with Crippen LogP contribution in [0.1, 0.15) is 36.5 Å². The number of hydrogen-bond donors (Lipinski definition) is 1. The molecule has 1 aromatic carbocycles. The highest BCUT2D eigenvalue weighted by Crippen LogP contribution is 2.37. The van der Waals surface area contributed by atoms with Crippen LogP contribution in [0.25, 0.3) is 0 Å². The Bertz CT molecular complexity index is 479. The van der Waals surface area contributed by atoms with E-state index < -0.39 is 0 Å². The minimum atomic E-state index is -0.305. The lowest BCUT2D eigenvalue weighted by Crippen LogP contribution is -2.45. The Morgan fingerprint density at radius 1 is 1.35 bits per heavy atom. The first-order valence-corrected chi connectivity index (χ1v) is 7.14. The molecule has 1 N–H and O–H groups in total. The largest absolute Gasteiger partial charge is 0.497 e. The van der Waals surface area contributed by atoms with E-state index in [4.69, 9.17) is 9.47 Å². The molecule has 0 radical (unpaired) electrons. The number of benzene rings is 1. The van der Waals surface area contributed by atoms with Gasteiger partial charge in [0.2, 0.25) is 0 Å². The maximum Gasteiger partial charge on any atom is 0.173 e. The van der Waals surface area contributed by atoms with Crippen molar-refractivity contribution in [3.8, 4) is 11.5 Å². The second-order valence-corrected chi connectivity index (χ2v) is 5.31. The summed E-state index contributed by atoms with van der Waals surface area (Å²) in [6.07, 6.45) is 2.82. The van der Waals surface area contributed by atoms with Gasteiger partial charge in [-0.1, -0.05) is 6.92 Å². The Balaban J connectivity index is 2.36. The molecule has 1 aromatic rings. The Morgan fingerprint density at radius 3 is 2.70 bits per heavy atom. The van der Waals surface area contributed by atoms with Crippen LogP contribution in [0.5, 0.6) is 11.5 Å². The lowest BCUT2D eigenvalue weighted by atomic mass is 9.72. The molecular formula is C16H23NO3. The van der Waals surface area contributed by atoms with Gasteiger partial charge in [-0.25, -0.2) is 0 Å². The predicted molar refractivity (Wildman–Crippen MR) is 78.7 cm³/mol. The van der Waals surface area contributed by atoms with E-state index in [1.54, 1.807) is 20.3 Å². The third-order valence-corrected chi connectivity index (χ3v) is 4.28. The highest BCUT2D eigenvalue weighted by Gasteiger charge is 2.39. The number of ether oxygens (including phenoxy) is 2. The Labute approximate surface area is 120 Å². The number of nitrogens with one attached hydrogen (secondary N) is 1. The van der Waals surface area contributed by atoms with Crippen molar-refractivity contribution < 1.29 is 14.3 Å². The number of rotatable bonds is 5. The summed E-state index contributed by atoms with van der Waals surface area (Å²) in [5, 5.41) is 3.35. The van der Waals surface area contributed by atoms with E-state index >= 15 is 0 Å². The number of carbonyl (C=O) groups excluding carboxylic acids is 1. The summed E-state index contributed by atoms with van der Waals surface area (Å²) in [5.74, 6) is 1.46. The molecule has 1 saturated heterocycles. The van der Waals surface area contributed by atoms with Gasteiger partial charge in [0.05, 0.1) is 19.8 Å². The van der Waals surface area contributed by atoms with Gasteiger partial charge in [-0.3, -0.25) is 4.79 Å². The second-order valence-electron chi connectivity index (χ2n) is 5.31. The normalized spacial score (nSPS) is 22.4. The number of ketones is 1. The van der Waals surface area contributed by atoms with Crippen molar-refractivity contribution >= 4 is 5.78 Å². The number of methoxy groups -OCH3 is 2. The van der Waals surface area contributed by atoms with Crippen LogP contribution in [0.3, 0.4) is 0 Å². The molecule has 1 heterocycles. The average Bonchev–Trinajstić information content (AvgIpc) is 2.54. The minimum absolute atomic E-state index is 0.173. The van der Waals surface area contributed by atoms with E-state index in [1.165, 1.54) is 0 Å². The van der Waals surface area contributed by atoms with Crippen molar-refractivity contribution in [2.24, 2.45) is 5.41 Å². The first-order valence-electron chi connectivity index (χ1n) is 7.14. The lowest BCUT2D eigenvalue weighted by Gasteiger charge is -2.35. The van der Waals surface area contributed by atoms with Gasteiger partial charge in [0, 0.05) is 18.0 Å². The van der Waals surface area contributed by atoms with Crippen LogP contribution in [0.15, 0.2) is 18.2 Å². The quantitative estimate of drug-likeness (QED) is 0.841. The van der Waals surface area contributed by atoms with Gasteiger partial charge in [-0.2, -0.15) is 0 Å². The summed E-state index contributed by atoms with van der Waals surface area (Å²) in [7, 11) is 3.19. The molecule has 1 atom stereocenters. The number of hydrogen-bond acceptors (Lipinski definition) is 4. The van der Waals surface area contributed by atoms with E-state index in [0.717, 1.165) is 32.4 Å². The second kappa shape index (κ2) is 6.27. The van der Waals surface area contributed by atoms with Gasteiger partial charge in [-0.15, -0.1) is 0 Å². The fourth-order valence-electron chi connectivity index (χ4n) is 2.90. The SMILES string of the molecule is CCC1(C(=O)c2ccc(OC)cc2OC)CCCNC1. The Hall–Kier alpha value is -1.55. The van der Waals surface area contributed by atoms with Crippen LogP contribution in [-0.2, 0) is 0 Å². The van der Waals surface area contributed by atoms with Crippen molar-refractivity contribution in [3.05, 3.63) is 23.8 Å². The molecule has 0 aliphatic carbocycles. The summed E-state index contributed by atoms with van der Waals surface area (Å²) in [6.45, 7) is 3.83.